The van der Waals surface area contributed by atoms with Crippen molar-refractivity contribution in [2.45, 2.75) is 13.8 Å². The molecule has 2 heterocycles. The Morgan fingerprint density at radius 2 is 1.87 bits per heavy atom. The number of carboxylic acid groups (broad SMARTS) is 1. The third kappa shape index (κ3) is 2.55. The number of aryl methyl sites for hydroxylation is 1. The molecule has 6 heteroatoms. The second kappa shape index (κ2) is 5.57. The monoisotopic (exact) mass is 309 g/mol. The first kappa shape index (κ1) is 14.8. The van der Waals surface area contributed by atoms with Crippen LogP contribution in [0.1, 0.15) is 21.7 Å². The molecular formula is C17H15N3O3. The van der Waals surface area contributed by atoms with Crippen LogP contribution in [0.2, 0.25) is 0 Å². The van der Waals surface area contributed by atoms with Crippen LogP contribution in [0.5, 0.6) is 5.75 Å². The van der Waals surface area contributed by atoms with Crippen LogP contribution in [0.4, 0.5) is 0 Å². The lowest BCUT2D eigenvalue weighted by Gasteiger charge is -2.11. The van der Waals surface area contributed by atoms with Gasteiger partial charge in [-0.15, -0.1) is 0 Å². The summed E-state index contributed by atoms with van der Waals surface area (Å²) in [5, 5.41) is 23.5. The van der Waals surface area contributed by atoms with Gasteiger partial charge in [0.15, 0.2) is 11.4 Å². The number of benzene rings is 1. The minimum Gasteiger partial charge on any atom is -0.505 e. The second-order valence-corrected chi connectivity index (χ2v) is 5.21. The van der Waals surface area contributed by atoms with Crippen LogP contribution in [0, 0.1) is 13.8 Å². The molecule has 2 N–H and O–H groups in total. The van der Waals surface area contributed by atoms with Crippen LogP contribution in [-0.4, -0.2) is 30.9 Å². The molecule has 0 aliphatic rings. The lowest BCUT2D eigenvalue weighted by atomic mass is 10.0. The average Bonchev–Trinajstić information content (AvgIpc) is 3.01. The average molecular weight is 309 g/mol. The van der Waals surface area contributed by atoms with Crippen LogP contribution >= 0.6 is 0 Å². The third-order valence-electron chi connectivity index (χ3n) is 3.69. The van der Waals surface area contributed by atoms with E-state index in [-0.39, 0.29) is 11.4 Å². The summed E-state index contributed by atoms with van der Waals surface area (Å²) in [5.74, 6) is -1.56. The fourth-order valence-corrected chi connectivity index (χ4v) is 2.59. The van der Waals surface area contributed by atoms with Crippen LogP contribution in [-0.2, 0) is 0 Å². The molecule has 6 nitrogen and oxygen atoms in total. The van der Waals surface area contributed by atoms with Crippen molar-refractivity contribution in [2.24, 2.45) is 0 Å². The van der Waals surface area contributed by atoms with Crippen LogP contribution in [0.25, 0.3) is 16.8 Å². The molecule has 0 spiro atoms. The molecule has 0 saturated heterocycles. The van der Waals surface area contributed by atoms with Gasteiger partial charge in [0, 0.05) is 28.6 Å². The number of rotatable bonds is 3. The van der Waals surface area contributed by atoms with E-state index in [1.807, 2.05) is 36.5 Å². The van der Waals surface area contributed by atoms with Crippen LogP contribution in [0.3, 0.4) is 0 Å². The van der Waals surface area contributed by atoms with E-state index in [1.165, 1.54) is 0 Å². The van der Waals surface area contributed by atoms with E-state index in [0.717, 1.165) is 11.3 Å². The molecule has 0 fully saturated rings. The SMILES string of the molecule is Cc1nc(C(=O)O)c(O)c(C)c1-c1cnn(-c2ccccc2)c1. The van der Waals surface area contributed by atoms with Gasteiger partial charge in [0.1, 0.15) is 0 Å². The van der Waals surface area contributed by atoms with Crippen molar-refractivity contribution in [2.75, 3.05) is 0 Å². The number of carboxylic acids is 1. The van der Waals surface area contributed by atoms with E-state index in [0.29, 0.717) is 16.8 Å². The maximum Gasteiger partial charge on any atom is 0.358 e. The van der Waals surface area contributed by atoms with E-state index in [4.69, 9.17) is 5.11 Å². The number of hydrogen-bond acceptors (Lipinski definition) is 4. The highest BCUT2D eigenvalue weighted by Gasteiger charge is 2.20. The molecule has 3 rings (SSSR count). The molecule has 0 saturated carbocycles. The quantitative estimate of drug-likeness (QED) is 0.776. The number of para-hydroxylation sites is 1. The first-order valence-corrected chi connectivity index (χ1v) is 7.03. The van der Waals surface area contributed by atoms with Crippen molar-refractivity contribution in [3.05, 3.63) is 59.7 Å². The Bertz CT molecular complexity index is 886. The number of aromatic carboxylic acids is 1. The molecule has 3 aromatic rings. The van der Waals surface area contributed by atoms with Gasteiger partial charge in [-0.25, -0.2) is 14.5 Å². The topological polar surface area (TPSA) is 88.2 Å². The van der Waals surface area contributed by atoms with E-state index < -0.39 is 5.97 Å². The Balaban J connectivity index is 2.12. The highest BCUT2D eigenvalue weighted by atomic mass is 16.4. The predicted molar refractivity (Wildman–Crippen MR) is 84.9 cm³/mol. The zero-order valence-corrected chi connectivity index (χ0v) is 12.7. The van der Waals surface area contributed by atoms with E-state index in [2.05, 4.69) is 10.1 Å². The van der Waals surface area contributed by atoms with Crippen molar-refractivity contribution in [3.8, 4) is 22.6 Å². The van der Waals surface area contributed by atoms with Crippen molar-refractivity contribution < 1.29 is 15.0 Å². The lowest BCUT2D eigenvalue weighted by molar-refractivity contribution is 0.0686. The van der Waals surface area contributed by atoms with Crippen molar-refractivity contribution in [3.63, 3.8) is 0 Å². The van der Waals surface area contributed by atoms with Gasteiger partial charge >= 0.3 is 5.97 Å². The van der Waals surface area contributed by atoms with Crippen molar-refractivity contribution in [1.29, 1.82) is 0 Å². The first-order valence-electron chi connectivity index (χ1n) is 7.03. The predicted octanol–water partition coefficient (Wildman–Crippen LogP) is 2.95. The van der Waals surface area contributed by atoms with E-state index in [9.17, 15) is 9.90 Å². The molecule has 2 aromatic heterocycles. The maximum absolute atomic E-state index is 11.1. The molecular weight excluding hydrogens is 294 g/mol. The molecule has 0 bridgehead atoms. The minimum absolute atomic E-state index is 0.314. The van der Waals surface area contributed by atoms with Gasteiger partial charge in [0.25, 0.3) is 0 Å². The number of nitrogens with zero attached hydrogens (tertiary/aromatic N) is 3. The first-order chi connectivity index (χ1) is 11.0. The van der Waals surface area contributed by atoms with Crippen LogP contribution < -0.4 is 0 Å². The van der Waals surface area contributed by atoms with Crippen LogP contribution in [0.15, 0.2) is 42.7 Å². The van der Waals surface area contributed by atoms with Crippen molar-refractivity contribution >= 4 is 5.97 Å². The van der Waals surface area contributed by atoms with Gasteiger partial charge in [-0.1, -0.05) is 18.2 Å². The zero-order valence-electron chi connectivity index (χ0n) is 12.7. The third-order valence-corrected chi connectivity index (χ3v) is 3.69. The van der Waals surface area contributed by atoms with Crippen molar-refractivity contribution in [1.82, 2.24) is 14.8 Å². The Morgan fingerprint density at radius 3 is 2.52 bits per heavy atom. The summed E-state index contributed by atoms with van der Waals surface area (Å²) in [6.07, 6.45) is 3.50. The number of pyridine rings is 1. The summed E-state index contributed by atoms with van der Waals surface area (Å²) in [5.41, 5.74) is 3.04. The number of aromatic nitrogens is 3. The summed E-state index contributed by atoms with van der Waals surface area (Å²) in [6, 6.07) is 9.62. The molecule has 23 heavy (non-hydrogen) atoms. The molecule has 0 amide bonds. The summed E-state index contributed by atoms with van der Waals surface area (Å²) in [4.78, 5) is 15.1. The number of carbonyl (C=O) groups is 1. The summed E-state index contributed by atoms with van der Waals surface area (Å²) < 4.78 is 1.72. The summed E-state index contributed by atoms with van der Waals surface area (Å²) >= 11 is 0. The zero-order chi connectivity index (χ0) is 16.6. The van der Waals surface area contributed by atoms with Gasteiger partial charge < -0.3 is 10.2 Å². The number of hydrogen-bond donors (Lipinski definition) is 2. The van der Waals surface area contributed by atoms with Gasteiger partial charge in [0.2, 0.25) is 0 Å². The van der Waals surface area contributed by atoms with Gasteiger partial charge in [-0.2, -0.15) is 5.10 Å². The summed E-state index contributed by atoms with van der Waals surface area (Å²) in [7, 11) is 0. The van der Waals surface area contributed by atoms with Gasteiger partial charge in [0.05, 0.1) is 11.9 Å². The summed E-state index contributed by atoms with van der Waals surface area (Å²) in [6.45, 7) is 3.39. The maximum atomic E-state index is 11.1. The fraction of sp³-hybridized carbons (Fsp3) is 0.118. The normalized spacial score (nSPS) is 10.7. The Kier molecular flexibility index (Phi) is 3.57. The Hall–Kier alpha value is -3.15. The highest BCUT2D eigenvalue weighted by molar-refractivity contribution is 5.90. The van der Waals surface area contributed by atoms with Gasteiger partial charge in [-0.05, 0) is 26.0 Å². The molecule has 1 aromatic carbocycles. The lowest BCUT2D eigenvalue weighted by Crippen LogP contribution is -2.05. The molecule has 0 aliphatic carbocycles. The van der Waals surface area contributed by atoms with E-state index >= 15 is 0 Å². The highest BCUT2D eigenvalue weighted by Crippen LogP contribution is 2.33. The molecule has 0 atom stereocenters. The number of aromatic hydroxyl groups is 1. The molecule has 0 aliphatic heterocycles. The molecule has 0 radical (unpaired) electrons. The Morgan fingerprint density at radius 1 is 1.17 bits per heavy atom. The molecule has 0 unspecified atom stereocenters. The van der Waals surface area contributed by atoms with E-state index in [1.54, 1.807) is 24.7 Å². The molecule has 116 valence electrons. The fourth-order valence-electron chi connectivity index (χ4n) is 2.59. The largest absolute Gasteiger partial charge is 0.505 e. The Labute approximate surface area is 132 Å². The second-order valence-electron chi connectivity index (χ2n) is 5.21. The van der Waals surface area contributed by atoms with Gasteiger partial charge in [-0.3, -0.25) is 0 Å². The minimum atomic E-state index is -1.25. The smallest absolute Gasteiger partial charge is 0.358 e. The standard InChI is InChI=1S/C17H15N3O3/c1-10-14(11(2)19-15(16(10)21)17(22)23)12-8-18-20(9-12)13-6-4-3-5-7-13/h3-9,21H,1-2H3,(H,22,23).